The van der Waals surface area contributed by atoms with E-state index in [1.165, 1.54) is 0 Å². The number of hydrogen-bond donors (Lipinski definition) is 2. The predicted octanol–water partition coefficient (Wildman–Crippen LogP) is 1.95. The van der Waals surface area contributed by atoms with Crippen LogP contribution >= 0.6 is 0 Å². The molecule has 100 valence electrons. The smallest absolute Gasteiger partial charge is 0.219 e. The summed E-state index contributed by atoms with van der Waals surface area (Å²) in [6.45, 7) is 4.16. The maximum Gasteiger partial charge on any atom is 0.219 e. The van der Waals surface area contributed by atoms with Crippen LogP contribution in [0.1, 0.15) is 37.0 Å². The lowest BCUT2D eigenvalue weighted by atomic mass is 10.1. The number of nitrogens with one attached hydrogen (secondary N) is 1. The van der Waals surface area contributed by atoms with Gasteiger partial charge in [0.15, 0.2) is 0 Å². The molecule has 4 heteroatoms. The van der Waals surface area contributed by atoms with Crippen LogP contribution in [-0.4, -0.2) is 24.7 Å². The van der Waals surface area contributed by atoms with Crippen molar-refractivity contribution < 1.29 is 14.6 Å². The molecule has 0 bridgehead atoms. The van der Waals surface area contributed by atoms with Gasteiger partial charge in [-0.2, -0.15) is 0 Å². The molecule has 4 nitrogen and oxygen atoms in total. The second-order valence-electron chi connectivity index (χ2n) is 4.34. The molecule has 0 aliphatic heterocycles. The van der Waals surface area contributed by atoms with E-state index in [9.17, 15) is 9.90 Å². The zero-order chi connectivity index (χ0) is 13.5. The van der Waals surface area contributed by atoms with Gasteiger partial charge in [-0.05, 0) is 32.4 Å². The third-order valence-electron chi connectivity index (χ3n) is 2.70. The van der Waals surface area contributed by atoms with Crippen LogP contribution in [-0.2, 0) is 4.79 Å². The summed E-state index contributed by atoms with van der Waals surface area (Å²) in [5.74, 6) is 0.700. The van der Waals surface area contributed by atoms with Crippen LogP contribution < -0.4 is 10.1 Å². The number of benzene rings is 1. The molecule has 1 atom stereocenters. The number of amides is 1. The topological polar surface area (TPSA) is 58.6 Å². The lowest BCUT2D eigenvalue weighted by Crippen LogP contribution is -2.18. The Hall–Kier alpha value is -1.55. The number of aliphatic hydroxyl groups excluding tert-OH is 1. The highest BCUT2D eigenvalue weighted by molar-refractivity contribution is 5.75. The molecule has 0 saturated heterocycles. The van der Waals surface area contributed by atoms with Crippen molar-refractivity contribution >= 4 is 5.91 Å². The molecule has 0 saturated carbocycles. The second-order valence-corrected chi connectivity index (χ2v) is 4.34. The minimum Gasteiger partial charge on any atom is -0.493 e. The highest BCUT2D eigenvalue weighted by atomic mass is 16.5. The molecule has 1 aromatic rings. The molecule has 0 fully saturated rings. The average Bonchev–Trinajstić information content (AvgIpc) is 2.35. The number of ether oxygens (including phenoxy) is 1. The van der Waals surface area contributed by atoms with Crippen molar-refractivity contribution in [3.05, 3.63) is 29.3 Å². The van der Waals surface area contributed by atoms with Gasteiger partial charge in [0, 0.05) is 19.0 Å². The molecule has 0 radical (unpaired) electrons. The summed E-state index contributed by atoms with van der Waals surface area (Å²) < 4.78 is 5.61. The van der Waals surface area contributed by atoms with Gasteiger partial charge in [0.05, 0.1) is 12.7 Å². The quantitative estimate of drug-likeness (QED) is 0.760. The number of hydrogen-bond acceptors (Lipinski definition) is 3. The van der Waals surface area contributed by atoms with E-state index in [4.69, 9.17) is 4.74 Å². The molecule has 0 aromatic heterocycles. The highest BCUT2D eigenvalue weighted by Crippen LogP contribution is 2.26. The standard InChI is InChI=1S/C14H21NO3/c1-10-6-7-13(12(9-10)11(2)16)18-8-4-5-14(17)15-3/h6-7,9,11,16H,4-5,8H2,1-3H3,(H,15,17)/t11-/m1/s1. The Kier molecular flexibility index (Phi) is 5.65. The number of rotatable bonds is 6. The zero-order valence-corrected chi connectivity index (χ0v) is 11.2. The highest BCUT2D eigenvalue weighted by Gasteiger charge is 2.09. The van der Waals surface area contributed by atoms with E-state index in [1.807, 2.05) is 25.1 Å². The first-order chi connectivity index (χ1) is 8.54. The lowest BCUT2D eigenvalue weighted by molar-refractivity contribution is -0.120. The van der Waals surface area contributed by atoms with Crippen LogP contribution in [0.2, 0.25) is 0 Å². The number of aryl methyl sites for hydroxylation is 1. The van der Waals surface area contributed by atoms with Gasteiger partial charge >= 0.3 is 0 Å². The minimum atomic E-state index is -0.557. The van der Waals surface area contributed by atoms with Crippen molar-refractivity contribution in [1.82, 2.24) is 5.32 Å². The van der Waals surface area contributed by atoms with Crippen LogP contribution in [0, 0.1) is 6.92 Å². The van der Waals surface area contributed by atoms with Gasteiger partial charge in [0.2, 0.25) is 5.91 Å². The molecule has 1 rings (SSSR count). The van der Waals surface area contributed by atoms with Crippen LogP contribution in [0.3, 0.4) is 0 Å². The molecule has 18 heavy (non-hydrogen) atoms. The second kappa shape index (κ2) is 7.01. The maximum atomic E-state index is 11.0. The van der Waals surface area contributed by atoms with Crippen molar-refractivity contribution in [2.45, 2.75) is 32.8 Å². The largest absolute Gasteiger partial charge is 0.493 e. The van der Waals surface area contributed by atoms with E-state index in [-0.39, 0.29) is 5.91 Å². The van der Waals surface area contributed by atoms with Crippen LogP contribution in [0.4, 0.5) is 0 Å². The molecule has 1 amide bonds. The number of carbonyl (C=O) groups excluding carboxylic acids is 1. The van der Waals surface area contributed by atoms with Gasteiger partial charge in [-0.15, -0.1) is 0 Å². The molecule has 0 unspecified atom stereocenters. The molecular formula is C14H21NO3. The van der Waals surface area contributed by atoms with Crippen LogP contribution in [0.25, 0.3) is 0 Å². The van der Waals surface area contributed by atoms with Crippen molar-refractivity contribution in [1.29, 1.82) is 0 Å². The molecule has 1 aromatic carbocycles. The summed E-state index contributed by atoms with van der Waals surface area (Å²) in [6, 6.07) is 5.72. The van der Waals surface area contributed by atoms with Crippen LogP contribution in [0.15, 0.2) is 18.2 Å². The van der Waals surface area contributed by atoms with E-state index in [1.54, 1.807) is 14.0 Å². The van der Waals surface area contributed by atoms with E-state index < -0.39 is 6.10 Å². The van der Waals surface area contributed by atoms with Gasteiger partial charge in [-0.25, -0.2) is 0 Å². The molecular weight excluding hydrogens is 230 g/mol. The maximum absolute atomic E-state index is 11.0. The van der Waals surface area contributed by atoms with E-state index in [0.717, 1.165) is 11.1 Å². The van der Waals surface area contributed by atoms with Gasteiger partial charge in [0.1, 0.15) is 5.75 Å². The molecule has 2 N–H and O–H groups in total. The summed E-state index contributed by atoms with van der Waals surface area (Å²) in [5.41, 5.74) is 1.87. The first-order valence-electron chi connectivity index (χ1n) is 6.16. The lowest BCUT2D eigenvalue weighted by Gasteiger charge is -2.14. The van der Waals surface area contributed by atoms with Gasteiger partial charge in [0.25, 0.3) is 0 Å². The zero-order valence-electron chi connectivity index (χ0n) is 11.2. The van der Waals surface area contributed by atoms with E-state index in [0.29, 0.717) is 25.2 Å². The van der Waals surface area contributed by atoms with E-state index in [2.05, 4.69) is 5.32 Å². The van der Waals surface area contributed by atoms with Crippen molar-refractivity contribution in [2.24, 2.45) is 0 Å². The van der Waals surface area contributed by atoms with Crippen molar-refractivity contribution in [3.8, 4) is 5.75 Å². The average molecular weight is 251 g/mol. The number of aliphatic hydroxyl groups is 1. The van der Waals surface area contributed by atoms with Crippen molar-refractivity contribution in [2.75, 3.05) is 13.7 Å². The summed E-state index contributed by atoms with van der Waals surface area (Å²) in [5, 5.41) is 12.2. The van der Waals surface area contributed by atoms with Gasteiger partial charge in [-0.3, -0.25) is 4.79 Å². The van der Waals surface area contributed by atoms with Gasteiger partial charge < -0.3 is 15.2 Å². The normalized spacial score (nSPS) is 12.0. The SMILES string of the molecule is CNC(=O)CCCOc1ccc(C)cc1[C@@H](C)O. The minimum absolute atomic E-state index is 0.0123. The third kappa shape index (κ3) is 4.37. The Bertz CT molecular complexity index is 402. The Balaban J connectivity index is 2.54. The fourth-order valence-corrected chi connectivity index (χ4v) is 1.67. The third-order valence-corrected chi connectivity index (χ3v) is 2.70. The summed E-state index contributed by atoms with van der Waals surface area (Å²) in [4.78, 5) is 11.0. The van der Waals surface area contributed by atoms with E-state index >= 15 is 0 Å². The predicted molar refractivity (Wildman–Crippen MR) is 70.6 cm³/mol. The Morgan fingerprint density at radius 3 is 2.83 bits per heavy atom. The Morgan fingerprint density at radius 1 is 1.50 bits per heavy atom. The van der Waals surface area contributed by atoms with Crippen LogP contribution in [0.5, 0.6) is 5.75 Å². The molecule has 0 heterocycles. The molecule has 0 aliphatic rings. The summed E-state index contributed by atoms with van der Waals surface area (Å²) in [7, 11) is 1.62. The Labute approximate surface area is 108 Å². The molecule has 0 spiro atoms. The Morgan fingerprint density at radius 2 is 2.22 bits per heavy atom. The number of carbonyl (C=O) groups is 1. The summed E-state index contributed by atoms with van der Waals surface area (Å²) >= 11 is 0. The molecule has 0 aliphatic carbocycles. The summed E-state index contributed by atoms with van der Waals surface area (Å²) in [6.07, 6.45) is 0.554. The van der Waals surface area contributed by atoms with Gasteiger partial charge in [-0.1, -0.05) is 11.6 Å². The first kappa shape index (κ1) is 14.5. The fourth-order valence-electron chi connectivity index (χ4n) is 1.67. The first-order valence-corrected chi connectivity index (χ1v) is 6.16. The fraction of sp³-hybridized carbons (Fsp3) is 0.500. The van der Waals surface area contributed by atoms with Crippen molar-refractivity contribution in [3.63, 3.8) is 0 Å². The monoisotopic (exact) mass is 251 g/mol.